The third kappa shape index (κ3) is 2.99. The fourth-order valence-corrected chi connectivity index (χ4v) is 2.25. The van der Waals surface area contributed by atoms with Crippen LogP contribution in [0.3, 0.4) is 0 Å². The number of nitrogens with two attached hydrogens (primary N) is 1. The maximum Gasteiger partial charge on any atom is 0.124 e. The van der Waals surface area contributed by atoms with Gasteiger partial charge in [0.05, 0.1) is 6.10 Å². The van der Waals surface area contributed by atoms with Gasteiger partial charge in [-0.15, -0.1) is 0 Å². The Balaban J connectivity index is 1.98. The van der Waals surface area contributed by atoms with Crippen molar-refractivity contribution in [3.63, 3.8) is 0 Å². The molecule has 0 bridgehead atoms. The standard InChI is InChI=1S/C14H21NO2/c1-2-12(15)10-6-8-11(9-7-10)17-14-5-3-4-13(14)16/h6-9,12-14,16H,2-5,15H2,1H3. The van der Waals surface area contributed by atoms with Gasteiger partial charge in [-0.25, -0.2) is 0 Å². The highest BCUT2D eigenvalue weighted by Crippen LogP contribution is 2.25. The maximum absolute atomic E-state index is 9.69. The van der Waals surface area contributed by atoms with E-state index in [1.807, 2.05) is 24.3 Å². The largest absolute Gasteiger partial charge is 0.488 e. The second kappa shape index (κ2) is 5.52. The van der Waals surface area contributed by atoms with Crippen molar-refractivity contribution in [3.05, 3.63) is 29.8 Å². The minimum Gasteiger partial charge on any atom is -0.488 e. The van der Waals surface area contributed by atoms with Gasteiger partial charge in [0.1, 0.15) is 11.9 Å². The molecule has 0 spiro atoms. The molecule has 0 radical (unpaired) electrons. The minimum atomic E-state index is -0.312. The Morgan fingerprint density at radius 2 is 2.06 bits per heavy atom. The molecule has 1 aliphatic carbocycles. The molecule has 0 aromatic heterocycles. The minimum absolute atomic E-state index is 0.0410. The molecule has 1 aromatic carbocycles. The number of benzene rings is 1. The van der Waals surface area contributed by atoms with Crippen molar-refractivity contribution in [3.8, 4) is 5.75 Å². The highest BCUT2D eigenvalue weighted by Gasteiger charge is 2.26. The zero-order valence-corrected chi connectivity index (χ0v) is 10.3. The molecule has 94 valence electrons. The summed E-state index contributed by atoms with van der Waals surface area (Å²) in [6.07, 6.45) is 3.42. The monoisotopic (exact) mass is 235 g/mol. The zero-order valence-electron chi connectivity index (χ0n) is 10.3. The number of hydrogen-bond acceptors (Lipinski definition) is 3. The molecule has 17 heavy (non-hydrogen) atoms. The zero-order chi connectivity index (χ0) is 12.3. The number of hydrogen-bond donors (Lipinski definition) is 2. The van der Waals surface area contributed by atoms with E-state index >= 15 is 0 Å². The molecule has 2 rings (SSSR count). The van der Waals surface area contributed by atoms with E-state index in [0.717, 1.165) is 37.0 Å². The van der Waals surface area contributed by atoms with Crippen LogP contribution in [0.2, 0.25) is 0 Å². The van der Waals surface area contributed by atoms with Crippen molar-refractivity contribution in [1.82, 2.24) is 0 Å². The first-order valence-corrected chi connectivity index (χ1v) is 6.41. The van der Waals surface area contributed by atoms with E-state index in [4.69, 9.17) is 10.5 Å². The first kappa shape index (κ1) is 12.4. The van der Waals surface area contributed by atoms with Crippen LogP contribution in [0.15, 0.2) is 24.3 Å². The van der Waals surface area contributed by atoms with E-state index in [1.165, 1.54) is 0 Å². The Morgan fingerprint density at radius 3 is 2.59 bits per heavy atom. The van der Waals surface area contributed by atoms with Crippen molar-refractivity contribution in [2.24, 2.45) is 5.73 Å². The average molecular weight is 235 g/mol. The van der Waals surface area contributed by atoms with Crippen molar-refractivity contribution < 1.29 is 9.84 Å². The van der Waals surface area contributed by atoms with Crippen molar-refractivity contribution >= 4 is 0 Å². The lowest BCUT2D eigenvalue weighted by Crippen LogP contribution is -2.25. The van der Waals surface area contributed by atoms with Crippen LogP contribution < -0.4 is 10.5 Å². The van der Waals surface area contributed by atoms with E-state index in [9.17, 15) is 5.11 Å². The molecule has 3 unspecified atom stereocenters. The fraction of sp³-hybridized carbons (Fsp3) is 0.571. The van der Waals surface area contributed by atoms with Gasteiger partial charge in [0.2, 0.25) is 0 Å². The van der Waals surface area contributed by atoms with Crippen molar-refractivity contribution in [2.45, 2.75) is 50.9 Å². The molecule has 1 saturated carbocycles. The average Bonchev–Trinajstić information content (AvgIpc) is 2.75. The Hall–Kier alpha value is -1.06. The molecule has 1 aromatic rings. The summed E-state index contributed by atoms with van der Waals surface area (Å²) < 4.78 is 5.77. The predicted octanol–water partition coefficient (Wildman–Crippen LogP) is 2.39. The Morgan fingerprint density at radius 1 is 1.35 bits per heavy atom. The molecule has 3 heteroatoms. The van der Waals surface area contributed by atoms with Crippen molar-refractivity contribution in [1.29, 1.82) is 0 Å². The van der Waals surface area contributed by atoms with E-state index in [1.54, 1.807) is 0 Å². The highest BCUT2D eigenvalue weighted by atomic mass is 16.5. The van der Waals surface area contributed by atoms with Gasteiger partial charge in [0.15, 0.2) is 0 Å². The summed E-state index contributed by atoms with van der Waals surface area (Å²) in [6.45, 7) is 2.07. The van der Waals surface area contributed by atoms with Crippen molar-refractivity contribution in [2.75, 3.05) is 0 Å². The van der Waals surface area contributed by atoms with Gasteiger partial charge in [0.25, 0.3) is 0 Å². The van der Waals surface area contributed by atoms with Crippen LogP contribution in [0.4, 0.5) is 0 Å². The smallest absolute Gasteiger partial charge is 0.124 e. The van der Waals surface area contributed by atoms with Crippen LogP contribution in [0.25, 0.3) is 0 Å². The number of ether oxygens (including phenoxy) is 1. The summed E-state index contributed by atoms with van der Waals surface area (Å²) in [6, 6.07) is 7.99. The molecule has 0 saturated heterocycles. The number of rotatable bonds is 4. The normalized spacial score (nSPS) is 25.8. The van der Waals surface area contributed by atoms with Crippen LogP contribution in [0, 0.1) is 0 Å². The molecular weight excluding hydrogens is 214 g/mol. The highest BCUT2D eigenvalue weighted by molar-refractivity contribution is 5.29. The number of aliphatic hydroxyl groups excluding tert-OH is 1. The Kier molecular flexibility index (Phi) is 4.02. The summed E-state index contributed by atoms with van der Waals surface area (Å²) in [5, 5.41) is 9.69. The van der Waals surface area contributed by atoms with E-state index in [0.29, 0.717) is 0 Å². The molecule has 1 aliphatic rings. The lowest BCUT2D eigenvalue weighted by Gasteiger charge is -2.17. The van der Waals surface area contributed by atoms with Gasteiger partial charge in [-0.05, 0) is 43.4 Å². The number of aliphatic hydroxyl groups is 1. The Bertz CT molecular complexity index is 350. The lowest BCUT2D eigenvalue weighted by molar-refractivity contribution is 0.0604. The topological polar surface area (TPSA) is 55.5 Å². The molecule has 3 N–H and O–H groups in total. The summed E-state index contributed by atoms with van der Waals surface area (Å²) in [5.41, 5.74) is 7.08. The first-order valence-electron chi connectivity index (χ1n) is 6.41. The summed E-state index contributed by atoms with van der Waals surface area (Å²) in [7, 11) is 0. The fourth-order valence-electron chi connectivity index (χ4n) is 2.25. The first-order chi connectivity index (χ1) is 8.20. The molecule has 0 aliphatic heterocycles. The molecule has 3 nitrogen and oxygen atoms in total. The van der Waals surface area contributed by atoms with E-state index < -0.39 is 0 Å². The SMILES string of the molecule is CCC(N)c1ccc(OC2CCCC2O)cc1. The Labute approximate surface area is 103 Å². The second-order valence-corrected chi connectivity index (χ2v) is 4.74. The third-order valence-electron chi connectivity index (χ3n) is 3.45. The van der Waals surface area contributed by atoms with Gasteiger partial charge >= 0.3 is 0 Å². The van der Waals surface area contributed by atoms with Crippen LogP contribution in [-0.2, 0) is 0 Å². The summed E-state index contributed by atoms with van der Waals surface area (Å²) in [4.78, 5) is 0. The van der Waals surface area contributed by atoms with Gasteiger partial charge in [-0.2, -0.15) is 0 Å². The quantitative estimate of drug-likeness (QED) is 0.842. The molecule has 3 atom stereocenters. The summed E-state index contributed by atoms with van der Waals surface area (Å²) >= 11 is 0. The molecule has 0 amide bonds. The van der Waals surface area contributed by atoms with Gasteiger partial charge in [0, 0.05) is 6.04 Å². The lowest BCUT2D eigenvalue weighted by atomic mass is 10.1. The van der Waals surface area contributed by atoms with Crippen LogP contribution in [0.1, 0.15) is 44.2 Å². The van der Waals surface area contributed by atoms with E-state index in [2.05, 4.69) is 6.92 Å². The van der Waals surface area contributed by atoms with Gasteiger partial charge in [-0.3, -0.25) is 0 Å². The van der Waals surface area contributed by atoms with E-state index in [-0.39, 0.29) is 18.2 Å². The van der Waals surface area contributed by atoms with Gasteiger partial charge in [-0.1, -0.05) is 19.1 Å². The predicted molar refractivity (Wildman–Crippen MR) is 67.9 cm³/mol. The van der Waals surface area contributed by atoms with Crippen LogP contribution in [-0.4, -0.2) is 17.3 Å². The second-order valence-electron chi connectivity index (χ2n) is 4.74. The molecule has 1 fully saturated rings. The third-order valence-corrected chi connectivity index (χ3v) is 3.45. The molecule has 0 heterocycles. The molecular formula is C14H21NO2. The summed E-state index contributed by atoms with van der Waals surface area (Å²) in [5.74, 6) is 0.822. The van der Waals surface area contributed by atoms with Crippen LogP contribution >= 0.6 is 0 Å². The van der Waals surface area contributed by atoms with Gasteiger partial charge < -0.3 is 15.6 Å². The van der Waals surface area contributed by atoms with Crippen LogP contribution in [0.5, 0.6) is 5.75 Å². The maximum atomic E-state index is 9.69.